The molecule has 4 nitrogen and oxygen atoms in total. The number of nitro benzene ring substituents is 1. The summed E-state index contributed by atoms with van der Waals surface area (Å²) in [4.78, 5) is 10.4. The van der Waals surface area contributed by atoms with E-state index in [9.17, 15) is 10.1 Å². The van der Waals surface area contributed by atoms with E-state index in [1.54, 1.807) is 18.2 Å². The molecule has 0 atom stereocenters. The fourth-order valence-corrected chi connectivity index (χ4v) is 2.30. The second-order valence-electron chi connectivity index (χ2n) is 4.67. The summed E-state index contributed by atoms with van der Waals surface area (Å²) in [5, 5.41) is 14.2. The predicted octanol–water partition coefficient (Wildman–Crippen LogP) is 2.84. The van der Waals surface area contributed by atoms with Crippen LogP contribution in [0.1, 0.15) is 37.7 Å². The topological polar surface area (TPSA) is 55.2 Å². The van der Waals surface area contributed by atoms with E-state index in [4.69, 9.17) is 0 Å². The number of nitrogens with zero attached hydrogens (tertiary/aromatic N) is 1. The molecule has 0 heterocycles. The highest BCUT2D eigenvalue weighted by Gasteiger charge is 2.30. The third-order valence-electron chi connectivity index (χ3n) is 3.37. The van der Waals surface area contributed by atoms with Gasteiger partial charge in [-0.3, -0.25) is 10.1 Å². The first-order chi connectivity index (χ1) is 8.20. The Hall–Kier alpha value is -1.42. The predicted molar refractivity (Wildman–Crippen MR) is 67.2 cm³/mol. The lowest BCUT2D eigenvalue weighted by molar-refractivity contribution is -0.384. The molecule has 1 N–H and O–H groups in total. The molecular formula is C13H18N2O2. The average molecular weight is 234 g/mol. The van der Waals surface area contributed by atoms with E-state index in [1.807, 2.05) is 6.07 Å². The van der Waals surface area contributed by atoms with E-state index < -0.39 is 0 Å². The van der Waals surface area contributed by atoms with Crippen LogP contribution in [0.2, 0.25) is 0 Å². The molecule has 1 aromatic rings. The molecule has 1 saturated carbocycles. The lowest BCUT2D eigenvalue weighted by atomic mass is 9.76. The third kappa shape index (κ3) is 2.82. The van der Waals surface area contributed by atoms with Crippen molar-refractivity contribution in [2.75, 3.05) is 6.54 Å². The molecule has 0 amide bonds. The monoisotopic (exact) mass is 234 g/mol. The van der Waals surface area contributed by atoms with Crippen LogP contribution in [0, 0.1) is 10.1 Å². The molecule has 1 aromatic carbocycles. The van der Waals surface area contributed by atoms with Crippen LogP contribution in [0.4, 0.5) is 5.69 Å². The van der Waals surface area contributed by atoms with E-state index in [0.29, 0.717) is 12.0 Å². The standard InChI is InChI=1S/C13H18N2O2/c1-2-6-14-12-7-11(8-12)10-4-3-5-13(9-10)15(16)17/h3-5,9,11-12,14H,2,6-8H2,1H3. The summed E-state index contributed by atoms with van der Waals surface area (Å²) in [7, 11) is 0. The zero-order chi connectivity index (χ0) is 12.3. The normalized spacial score (nSPS) is 23.1. The first-order valence-electron chi connectivity index (χ1n) is 6.18. The Kier molecular flexibility index (Phi) is 3.74. The number of rotatable bonds is 5. The Morgan fingerprint density at radius 3 is 2.88 bits per heavy atom. The van der Waals surface area contributed by atoms with Gasteiger partial charge in [0.2, 0.25) is 0 Å². The lowest BCUT2D eigenvalue weighted by Gasteiger charge is -2.36. The number of non-ortho nitro benzene ring substituents is 1. The van der Waals surface area contributed by atoms with Crippen molar-refractivity contribution < 1.29 is 4.92 Å². The average Bonchev–Trinajstić information content (AvgIpc) is 2.27. The minimum atomic E-state index is -0.324. The molecule has 1 fully saturated rings. The molecule has 0 unspecified atom stereocenters. The minimum Gasteiger partial charge on any atom is -0.314 e. The van der Waals surface area contributed by atoms with Crippen LogP contribution in [-0.2, 0) is 0 Å². The van der Waals surface area contributed by atoms with Crippen molar-refractivity contribution >= 4 is 5.69 Å². The molecule has 4 heteroatoms. The fraction of sp³-hybridized carbons (Fsp3) is 0.538. The molecule has 0 aliphatic heterocycles. The molecular weight excluding hydrogens is 216 g/mol. The number of nitrogens with one attached hydrogen (secondary N) is 1. The van der Waals surface area contributed by atoms with Crippen molar-refractivity contribution in [2.24, 2.45) is 0 Å². The second kappa shape index (κ2) is 5.27. The molecule has 17 heavy (non-hydrogen) atoms. The minimum absolute atomic E-state index is 0.201. The molecule has 0 bridgehead atoms. The van der Waals surface area contributed by atoms with Crippen LogP contribution in [0.15, 0.2) is 24.3 Å². The molecule has 1 aliphatic carbocycles. The second-order valence-corrected chi connectivity index (χ2v) is 4.67. The SMILES string of the molecule is CCCNC1CC(c2cccc([N+](=O)[O-])c2)C1. The fourth-order valence-electron chi connectivity index (χ4n) is 2.30. The smallest absolute Gasteiger partial charge is 0.269 e. The maximum Gasteiger partial charge on any atom is 0.269 e. The van der Waals surface area contributed by atoms with Crippen molar-refractivity contribution in [3.63, 3.8) is 0 Å². The maximum absolute atomic E-state index is 10.7. The van der Waals surface area contributed by atoms with Gasteiger partial charge in [0.1, 0.15) is 0 Å². The van der Waals surface area contributed by atoms with Gasteiger partial charge in [-0.25, -0.2) is 0 Å². The van der Waals surface area contributed by atoms with Gasteiger partial charge < -0.3 is 5.32 Å². The van der Waals surface area contributed by atoms with Gasteiger partial charge in [-0.05, 0) is 37.3 Å². The van der Waals surface area contributed by atoms with Gasteiger partial charge >= 0.3 is 0 Å². The highest BCUT2D eigenvalue weighted by Crippen LogP contribution is 2.37. The summed E-state index contributed by atoms with van der Waals surface area (Å²) in [6, 6.07) is 7.63. The van der Waals surface area contributed by atoms with E-state index in [-0.39, 0.29) is 10.6 Å². The first-order valence-corrected chi connectivity index (χ1v) is 6.18. The molecule has 0 aromatic heterocycles. The van der Waals surface area contributed by atoms with Crippen LogP contribution < -0.4 is 5.32 Å². The zero-order valence-electron chi connectivity index (χ0n) is 10.1. The summed E-state index contributed by atoms with van der Waals surface area (Å²) < 4.78 is 0. The van der Waals surface area contributed by atoms with Crippen LogP contribution in [0.25, 0.3) is 0 Å². The van der Waals surface area contributed by atoms with Crippen molar-refractivity contribution in [1.29, 1.82) is 0 Å². The van der Waals surface area contributed by atoms with Crippen molar-refractivity contribution in [1.82, 2.24) is 5.32 Å². The number of benzene rings is 1. The van der Waals surface area contributed by atoms with Gasteiger partial charge in [0, 0.05) is 18.2 Å². The summed E-state index contributed by atoms with van der Waals surface area (Å²) in [6.07, 6.45) is 3.35. The highest BCUT2D eigenvalue weighted by atomic mass is 16.6. The number of hydrogen-bond acceptors (Lipinski definition) is 3. The first kappa shape index (κ1) is 12.0. The Morgan fingerprint density at radius 2 is 2.24 bits per heavy atom. The lowest BCUT2D eigenvalue weighted by Crippen LogP contribution is -2.40. The van der Waals surface area contributed by atoms with Gasteiger partial charge in [0.05, 0.1) is 4.92 Å². The zero-order valence-corrected chi connectivity index (χ0v) is 10.1. The summed E-state index contributed by atoms with van der Waals surface area (Å²) in [5.41, 5.74) is 1.31. The Morgan fingerprint density at radius 1 is 1.47 bits per heavy atom. The van der Waals surface area contributed by atoms with E-state index >= 15 is 0 Å². The quantitative estimate of drug-likeness (QED) is 0.629. The number of hydrogen-bond donors (Lipinski definition) is 1. The summed E-state index contributed by atoms with van der Waals surface area (Å²) in [6.45, 7) is 3.22. The van der Waals surface area contributed by atoms with Crippen molar-refractivity contribution in [3.05, 3.63) is 39.9 Å². The van der Waals surface area contributed by atoms with Crippen LogP contribution in [-0.4, -0.2) is 17.5 Å². The summed E-state index contributed by atoms with van der Waals surface area (Å²) >= 11 is 0. The van der Waals surface area contributed by atoms with E-state index in [2.05, 4.69) is 12.2 Å². The van der Waals surface area contributed by atoms with Gasteiger partial charge in [0.25, 0.3) is 5.69 Å². The molecule has 92 valence electrons. The number of nitro groups is 1. The van der Waals surface area contributed by atoms with Gasteiger partial charge in [0.15, 0.2) is 0 Å². The van der Waals surface area contributed by atoms with Gasteiger partial charge in [-0.1, -0.05) is 19.1 Å². The summed E-state index contributed by atoms with van der Waals surface area (Å²) in [5.74, 6) is 0.490. The Labute approximate surface area is 101 Å². The van der Waals surface area contributed by atoms with E-state index in [0.717, 1.165) is 31.4 Å². The molecule has 0 spiro atoms. The Bertz CT molecular complexity index is 400. The van der Waals surface area contributed by atoms with Crippen LogP contribution in [0.3, 0.4) is 0 Å². The largest absolute Gasteiger partial charge is 0.314 e. The van der Waals surface area contributed by atoms with Crippen molar-refractivity contribution in [2.45, 2.75) is 38.1 Å². The highest BCUT2D eigenvalue weighted by molar-refractivity contribution is 5.37. The maximum atomic E-state index is 10.7. The molecule has 2 rings (SSSR count). The molecule has 0 radical (unpaired) electrons. The van der Waals surface area contributed by atoms with Crippen LogP contribution >= 0.6 is 0 Å². The molecule has 1 aliphatic rings. The third-order valence-corrected chi connectivity index (χ3v) is 3.37. The van der Waals surface area contributed by atoms with E-state index in [1.165, 1.54) is 0 Å². The van der Waals surface area contributed by atoms with Crippen LogP contribution in [0.5, 0.6) is 0 Å². The molecule has 0 saturated heterocycles. The van der Waals surface area contributed by atoms with Gasteiger partial charge in [-0.2, -0.15) is 0 Å². The van der Waals surface area contributed by atoms with Crippen molar-refractivity contribution in [3.8, 4) is 0 Å². The Balaban J connectivity index is 1.92. The van der Waals surface area contributed by atoms with Gasteiger partial charge in [-0.15, -0.1) is 0 Å².